The molecule has 90 valence electrons. The van der Waals surface area contributed by atoms with Crippen LogP contribution in [-0.4, -0.2) is 11.2 Å². The van der Waals surface area contributed by atoms with Gasteiger partial charge in [-0.3, -0.25) is 0 Å². The zero-order valence-electron chi connectivity index (χ0n) is 11.0. The minimum atomic E-state index is 0.0910. The van der Waals surface area contributed by atoms with Crippen LogP contribution in [0.3, 0.4) is 0 Å². The van der Waals surface area contributed by atoms with Crippen molar-refractivity contribution in [1.82, 2.24) is 0 Å². The summed E-state index contributed by atoms with van der Waals surface area (Å²) in [5.74, 6) is 2.36. The Labute approximate surface area is 99.3 Å². The van der Waals surface area contributed by atoms with Crippen molar-refractivity contribution in [3.63, 3.8) is 0 Å². The number of hydrogen-bond acceptors (Lipinski definition) is 1. The molecule has 1 aliphatic heterocycles. The van der Waals surface area contributed by atoms with E-state index in [0.717, 1.165) is 11.8 Å². The van der Waals surface area contributed by atoms with Crippen molar-refractivity contribution >= 4 is 0 Å². The Morgan fingerprint density at radius 3 is 2.69 bits per heavy atom. The van der Waals surface area contributed by atoms with Crippen LogP contribution in [0.25, 0.3) is 0 Å². The molecule has 0 aromatic heterocycles. The first kappa shape index (κ1) is 10.8. The van der Waals surface area contributed by atoms with E-state index in [1.807, 2.05) is 0 Å². The van der Waals surface area contributed by atoms with E-state index in [1.165, 1.54) is 25.7 Å². The Morgan fingerprint density at radius 1 is 1.38 bits per heavy atom. The Morgan fingerprint density at radius 2 is 2.12 bits per heavy atom. The third kappa shape index (κ3) is 1.27. The van der Waals surface area contributed by atoms with Crippen LogP contribution in [0.1, 0.15) is 53.4 Å². The molecule has 0 N–H and O–H groups in total. The van der Waals surface area contributed by atoms with Crippen molar-refractivity contribution in [1.29, 1.82) is 0 Å². The van der Waals surface area contributed by atoms with Gasteiger partial charge in [0.1, 0.15) is 0 Å². The van der Waals surface area contributed by atoms with Crippen LogP contribution >= 0.6 is 0 Å². The fraction of sp³-hybridized carbons (Fsp3) is 0.867. The summed E-state index contributed by atoms with van der Waals surface area (Å²) in [6, 6.07) is 0. The number of hydrogen-bond donors (Lipinski definition) is 0. The monoisotopic (exact) mass is 220 g/mol. The molecule has 0 amide bonds. The molecular weight excluding hydrogens is 196 g/mol. The molecule has 2 fully saturated rings. The zero-order chi connectivity index (χ0) is 11.6. The standard InChI is InChI=1S/C15H24O/c1-5-11-6-12-9-15(13(12)7-11)8-10(2)14(3,4)16-15/h7,10,12-13H,5-6,8-9H2,1-4H3/t10-,12+,13+,15+/m0/s1. The van der Waals surface area contributed by atoms with E-state index in [1.54, 1.807) is 5.57 Å². The number of rotatable bonds is 1. The van der Waals surface area contributed by atoms with E-state index in [2.05, 4.69) is 33.8 Å². The fourth-order valence-corrected chi connectivity index (χ4v) is 4.14. The maximum atomic E-state index is 6.45. The predicted molar refractivity (Wildman–Crippen MR) is 66.3 cm³/mol. The lowest BCUT2D eigenvalue weighted by Gasteiger charge is -2.50. The van der Waals surface area contributed by atoms with Gasteiger partial charge in [0.05, 0.1) is 11.2 Å². The zero-order valence-corrected chi connectivity index (χ0v) is 11.0. The van der Waals surface area contributed by atoms with Gasteiger partial charge in [-0.2, -0.15) is 0 Å². The fourth-order valence-electron chi connectivity index (χ4n) is 4.14. The van der Waals surface area contributed by atoms with E-state index in [0.29, 0.717) is 5.92 Å². The van der Waals surface area contributed by atoms with E-state index in [-0.39, 0.29) is 11.2 Å². The lowest BCUT2D eigenvalue weighted by Crippen LogP contribution is -2.52. The van der Waals surface area contributed by atoms with Gasteiger partial charge in [0.25, 0.3) is 0 Å². The van der Waals surface area contributed by atoms with E-state index in [4.69, 9.17) is 4.74 Å². The van der Waals surface area contributed by atoms with Gasteiger partial charge < -0.3 is 4.74 Å². The molecule has 1 saturated carbocycles. The second-order valence-corrected chi connectivity index (χ2v) is 6.75. The summed E-state index contributed by atoms with van der Waals surface area (Å²) in [7, 11) is 0. The molecule has 0 aromatic rings. The average Bonchev–Trinajstić information content (AvgIpc) is 2.65. The smallest absolute Gasteiger partial charge is 0.0761 e. The summed E-state index contributed by atoms with van der Waals surface area (Å²) in [5.41, 5.74) is 1.99. The Bertz CT molecular complexity index is 341. The molecular formula is C15H24O. The summed E-state index contributed by atoms with van der Waals surface area (Å²) >= 11 is 0. The van der Waals surface area contributed by atoms with Crippen LogP contribution in [0.2, 0.25) is 0 Å². The number of fused-ring (bicyclic) bond motifs is 2. The third-order valence-electron chi connectivity index (χ3n) is 5.42. The van der Waals surface area contributed by atoms with Crippen LogP contribution in [0.4, 0.5) is 0 Å². The van der Waals surface area contributed by atoms with Gasteiger partial charge in [0.2, 0.25) is 0 Å². The van der Waals surface area contributed by atoms with Gasteiger partial charge in [-0.25, -0.2) is 0 Å². The van der Waals surface area contributed by atoms with Crippen LogP contribution in [0, 0.1) is 17.8 Å². The molecule has 0 unspecified atom stereocenters. The molecule has 0 bridgehead atoms. The highest BCUT2D eigenvalue weighted by atomic mass is 16.5. The maximum absolute atomic E-state index is 6.45. The number of allylic oxidation sites excluding steroid dienone is 1. The van der Waals surface area contributed by atoms with Crippen LogP contribution in [0.15, 0.2) is 11.6 Å². The Kier molecular flexibility index (Phi) is 2.12. The molecule has 3 rings (SSSR count). The molecule has 1 nitrogen and oxygen atoms in total. The highest BCUT2D eigenvalue weighted by Gasteiger charge is 2.62. The molecule has 0 aromatic carbocycles. The summed E-state index contributed by atoms with van der Waals surface area (Å²) in [6.07, 6.45) is 7.71. The second kappa shape index (κ2) is 3.13. The average molecular weight is 220 g/mol. The summed E-state index contributed by atoms with van der Waals surface area (Å²) in [6.45, 7) is 9.16. The largest absolute Gasteiger partial charge is 0.368 e. The minimum absolute atomic E-state index is 0.0910. The molecule has 1 spiro atoms. The summed E-state index contributed by atoms with van der Waals surface area (Å²) < 4.78 is 6.45. The van der Waals surface area contributed by atoms with Gasteiger partial charge in [-0.1, -0.05) is 25.5 Å². The van der Waals surface area contributed by atoms with Crippen molar-refractivity contribution in [2.75, 3.05) is 0 Å². The Hall–Kier alpha value is -0.300. The molecule has 1 heterocycles. The van der Waals surface area contributed by atoms with Gasteiger partial charge >= 0.3 is 0 Å². The predicted octanol–water partition coefficient (Wildman–Crippen LogP) is 3.94. The lowest BCUT2D eigenvalue weighted by atomic mass is 9.61. The van der Waals surface area contributed by atoms with Crippen molar-refractivity contribution in [2.45, 2.75) is 64.6 Å². The van der Waals surface area contributed by atoms with Gasteiger partial charge in [0, 0.05) is 5.92 Å². The second-order valence-electron chi connectivity index (χ2n) is 6.75. The van der Waals surface area contributed by atoms with Crippen LogP contribution in [-0.2, 0) is 4.74 Å². The molecule has 1 saturated heterocycles. The highest BCUT2D eigenvalue weighted by Crippen LogP contribution is 2.62. The lowest BCUT2D eigenvalue weighted by molar-refractivity contribution is -0.176. The molecule has 4 atom stereocenters. The first-order valence-corrected chi connectivity index (χ1v) is 6.86. The van der Waals surface area contributed by atoms with Crippen molar-refractivity contribution < 1.29 is 4.74 Å². The SMILES string of the molecule is CCC1=C[C@@H]2[C@H](C1)C[C@]21C[C@H](C)C(C)(C)O1. The maximum Gasteiger partial charge on any atom is 0.0761 e. The Balaban J connectivity index is 1.82. The van der Waals surface area contributed by atoms with Gasteiger partial charge in [-0.05, 0) is 51.4 Å². The molecule has 3 aliphatic rings. The highest BCUT2D eigenvalue weighted by molar-refractivity contribution is 5.26. The van der Waals surface area contributed by atoms with E-state index in [9.17, 15) is 0 Å². The van der Waals surface area contributed by atoms with Crippen LogP contribution in [0.5, 0.6) is 0 Å². The van der Waals surface area contributed by atoms with Gasteiger partial charge in [0.15, 0.2) is 0 Å². The van der Waals surface area contributed by atoms with Gasteiger partial charge in [-0.15, -0.1) is 0 Å². The molecule has 0 radical (unpaired) electrons. The first-order chi connectivity index (χ1) is 7.47. The van der Waals surface area contributed by atoms with E-state index < -0.39 is 0 Å². The summed E-state index contributed by atoms with van der Waals surface area (Å²) in [4.78, 5) is 0. The number of ether oxygens (including phenoxy) is 1. The van der Waals surface area contributed by atoms with Crippen molar-refractivity contribution in [3.8, 4) is 0 Å². The van der Waals surface area contributed by atoms with Crippen molar-refractivity contribution in [3.05, 3.63) is 11.6 Å². The molecule has 16 heavy (non-hydrogen) atoms. The molecule has 2 aliphatic carbocycles. The van der Waals surface area contributed by atoms with Crippen molar-refractivity contribution in [2.24, 2.45) is 17.8 Å². The molecule has 1 heteroatoms. The quantitative estimate of drug-likeness (QED) is 0.608. The summed E-state index contributed by atoms with van der Waals surface area (Å²) in [5, 5.41) is 0. The van der Waals surface area contributed by atoms with E-state index >= 15 is 0 Å². The first-order valence-electron chi connectivity index (χ1n) is 6.86. The minimum Gasteiger partial charge on any atom is -0.368 e. The third-order valence-corrected chi connectivity index (χ3v) is 5.42. The van der Waals surface area contributed by atoms with Crippen LogP contribution < -0.4 is 0 Å². The normalized spacial score (nSPS) is 49.0. The topological polar surface area (TPSA) is 9.23 Å².